The van der Waals surface area contributed by atoms with E-state index < -0.39 is 17.5 Å². The van der Waals surface area contributed by atoms with Gasteiger partial charge in [-0.2, -0.15) is 0 Å². The van der Waals surface area contributed by atoms with E-state index in [9.17, 15) is 14.3 Å². The molecule has 1 aliphatic rings. The SMILES string of the molecule is O=C(O)CCCc1c(O)c(F)cc2c1OCCCO2. The second kappa shape index (κ2) is 5.77. The maximum absolute atomic E-state index is 13.6. The zero-order valence-corrected chi connectivity index (χ0v) is 10.3. The number of halogens is 1. The maximum atomic E-state index is 13.6. The summed E-state index contributed by atoms with van der Waals surface area (Å²) in [5.74, 6) is -1.62. The molecular weight excluding hydrogens is 255 g/mol. The van der Waals surface area contributed by atoms with Crippen molar-refractivity contribution in [3.8, 4) is 17.2 Å². The van der Waals surface area contributed by atoms with E-state index in [1.807, 2.05) is 0 Å². The van der Waals surface area contributed by atoms with Crippen LogP contribution in [0.2, 0.25) is 0 Å². The average Bonchev–Trinajstić information content (AvgIpc) is 2.58. The molecule has 0 aliphatic carbocycles. The Morgan fingerprint density at radius 1 is 1.37 bits per heavy atom. The number of carboxylic acid groups (broad SMARTS) is 1. The number of carbonyl (C=O) groups is 1. The highest BCUT2D eigenvalue weighted by Gasteiger charge is 2.22. The molecule has 1 aliphatic heterocycles. The highest BCUT2D eigenvalue weighted by atomic mass is 19.1. The Kier molecular flexibility index (Phi) is 4.09. The number of fused-ring (bicyclic) bond motifs is 1. The minimum absolute atomic E-state index is 0.0500. The smallest absolute Gasteiger partial charge is 0.303 e. The molecule has 0 amide bonds. The van der Waals surface area contributed by atoms with E-state index in [1.54, 1.807) is 0 Å². The molecule has 5 nitrogen and oxygen atoms in total. The van der Waals surface area contributed by atoms with E-state index in [1.165, 1.54) is 0 Å². The fraction of sp³-hybridized carbons (Fsp3) is 0.462. The number of hydrogen-bond donors (Lipinski definition) is 2. The molecule has 0 aromatic heterocycles. The van der Waals surface area contributed by atoms with Crippen molar-refractivity contribution >= 4 is 5.97 Å². The zero-order valence-electron chi connectivity index (χ0n) is 10.3. The van der Waals surface area contributed by atoms with Gasteiger partial charge in [-0.05, 0) is 12.8 Å². The molecule has 0 unspecified atom stereocenters. The van der Waals surface area contributed by atoms with Crippen LogP contribution in [0.3, 0.4) is 0 Å². The fourth-order valence-corrected chi connectivity index (χ4v) is 1.98. The van der Waals surface area contributed by atoms with E-state index in [0.29, 0.717) is 31.8 Å². The first kappa shape index (κ1) is 13.5. The highest BCUT2D eigenvalue weighted by Crippen LogP contribution is 2.41. The monoisotopic (exact) mass is 270 g/mol. The second-order valence-corrected chi connectivity index (χ2v) is 4.31. The van der Waals surface area contributed by atoms with Crippen molar-refractivity contribution < 1.29 is 28.9 Å². The summed E-state index contributed by atoms with van der Waals surface area (Å²) in [6.45, 7) is 0.843. The second-order valence-electron chi connectivity index (χ2n) is 4.31. The van der Waals surface area contributed by atoms with Gasteiger partial charge >= 0.3 is 5.97 Å². The van der Waals surface area contributed by atoms with Gasteiger partial charge in [0.05, 0.1) is 13.2 Å². The summed E-state index contributed by atoms with van der Waals surface area (Å²) < 4.78 is 24.4. The molecular formula is C13H15FO5. The largest absolute Gasteiger partial charge is 0.505 e. The number of aromatic hydroxyl groups is 1. The van der Waals surface area contributed by atoms with Crippen molar-refractivity contribution in [1.82, 2.24) is 0 Å². The Morgan fingerprint density at radius 2 is 2.11 bits per heavy atom. The molecule has 0 bridgehead atoms. The van der Waals surface area contributed by atoms with Crippen LogP contribution in [0.1, 0.15) is 24.8 Å². The molecule has 2 N–H and O–H groups in total. The van der Waals surface area contributed by atoms with Crippen LogP contribution in [0.4, 0.5) is 4.39 Å². The number of phenols is 1. The summed E-state index contributed by atoms with van der Waals surface area (Å²) in [4.78, 5) is 10.5. The molecule has 0 saturated heterocycles. The first-order chi connectivity index (χ1) is 9.09. The predicted octanol–water partition coefficient (Wildman–Crippen LogP) is 2.10. The van der Waals surface area contributed by atoms with Crippen molar-refractivity contribution in [3.63, 3.8) is 0 Å². The number of aliphatic carboxylic acids is 1. The van der Waals surface area contributed by atoms with Gasteiger partial charge in [-0.3, -0.25) is 4.79 Å². The molecule has 0 fully saturated rings. The Hall–Kier alpha value is -1.98. The third kappa shape index (κ3) is 3.07. The molecule has 1 aromatic carbocycles. The van der Waals surface area contributed by atoms with Crippen LogP contribution in [0, 0.1) is 5.82 Å². The summed E-state index contributed by atoms with van der Waals surface area (Å²) in [6, 6.07) is 1.09. The number of carboxylic acids is 1. The summed E-state index contributed by atoms with van der Waals surface area (Å²) in [6.07, 6.45) is 1.14. The average molecular weight is 270 g/mol. The van der Waals surface area contributed by atoms with Crippen LogP contribution in [-0.2, 0) is 11.2 Å². The Morgan fingerprint density at radius 3 is 2.84 bits per heavy atom. The molecule has 1 aromatic rings. The van der Waals surface area contributed by atoms with Gasteiger partial charge in [-0.1, -0.05) is 0 Å². The number of ether oxygens (including phenoxy) is 2. The molecule has 0 atom stereocenters. The minimum atomic E-state index is -0.931. The lowest BCUT2D eigenvalue weighted by molar-refractivity contribution is -0.137. The van der Waals surface area contributed by atoms with Crippen LogP contribution < -0.4 is 9.47 Å². The number of hydrogen-bond acceptors (Lipinski definition) is 4. The van der Waals surface area contributed by atoms with Gasteiger partial charge in [0.25, 0.3) is 0 Å². The molecule has 19 heavy (non-hydrogen) atoms. The standard InChI is InChI=1S/C13H15FO5/c14-9-7-10-13(19-6-2-5-18-10)8(12(9)17)3-1-4-11(15)16/h7,17H,1-6H2,(H,15,16). The lowest BCUT2D eigenvalue weighted by Gasteiger charge is -2.14. The van der Waals surface area contributed by atoms with Gasteiger partial charge in [-0.25, -0.2) is 4.39 Å². The Bertz CT molecular complexity index is 486. The number of rotatable bonds is 4. The number of phenolic OH excluding ortho intramolecular Hbond substituents is 1. The zero-order chi connectivity index (χ0) is 13.8. The van der Waals surface area contributed by atoms with Crippen LogP contribution in [0.15, 0.2) is 6.07 Å². The first-order valence-electron chi connectivity index (χ1n) is 6.11. The molecule has 0 radical (unpaired) electrons. The van der Waals surface area contributed by atoms with Crippen molar-refractivity contribution in [2.75, 3.05) is 13.2 Å². The van der Waals surface area contributed by atoms with E-state index in [0.717, 1.165) is 6.07 Å². The van der Waals surface area contributed by atoms with E-state index >= 15 is 0 Å². The lowest BCUT2D eigenvalue weighted by Crippen LogP contribution is -2.01. The van der Waals surface area contributed by atoms with E-state index in [2.05, 4.69) is 0 Å². The van der Waals surface area contributed by atoms with Crippen molar-refractivity contribution in [1.29, 1.82) is 0 Å². The summed E-state index contributed by atoms with van der Waals surface area (Å²) >= 11 is 0. The van der Waals surface area contributed by atoms with Crippen molar-refractivity contribution in [2.45, 2.75) is 25.7 Å². The molecule has 6 heteroatoms. The quantitative estimate of drug-likeness (QED) is 0.876. The van der Waals surface area contributed by atoms with Gasteiger partial charge in [0.2, 0.25) is 0 Å². The maximum Gasteiger partial charge on any atom is 0.303 e. The van der Waals surface area contributed by atoms with Crippen LogP contribution in [-0.4, -0.2) is 29.4 Å². The Balaban J connectivity index is 2.28. The summed E-state index contributed by atoms with van der Waals surface area (Å²) in [5, 5.41) is 18.4. The summed E-state index contributed by atoms with van der Waals surface area (Å²) in [7, 11) is 0. The predicted molar refractivity (Wildman–Crippen MR) is 64.2 cm³/mol. The van der Waals surface area contributed by atoms with Gasteiger partial charge in [-0.15, -0.1) is 0 Å². The molecule has 104 valence electrons. The van der Waals surface area contributed by atoms with Crippen LogP contribution in [0.5, 0.6) is 17.2 Å². The minimum Gasteiger partial charge on any atom is -0.505 e. The third-order valence-electron chi connectivity index (χ3n) is 2.88. The summed E-state index contributed by atoms with van der Waals surface area (Å²) in [5.41, 5.74) is 0.276. The molecule has 1 heterocycles. The Labute approximate surface area is 109 Å². The lowest BCUT2D eigenvalue weighted by atomic mass is 10.0. The highest BCUT2D eigenvalue weighted by molar-refractivity contribution is 5.66. The van der Waals surface area contributed by atoms with Gasteiger partial charge < -0.3 is 19.7 Å². The van der Waals surface area contributed by atoms with Gasteiger partial charge in [0, 0.05) is 24.5 Å². The van der Waals surface area contributed by atoms with E-state index in [4.69, 9.17) is 14.6 Å². The van der Waals surface area contributed by atoms with Crippen LogP contribution >= 0.6 is 0 Å². The normalized spacial score (nSPS) is 13.9. The van der Waals surface area contributed by atoms with Crippen molar-refractivity contribution in [3.05, 3.63) is 17.4 Å². The fourth-order valence-electron chi connectivity index (χ4n) is 1.98. The molecule has 2 rings (SSSR count). The van der Waals surface area contributed by atoms with Gasteiger partial charge in [0.15, 0.2) is 23.1 Å². The number of benzene rings is 1. The molecule has 0 saturated carbocycles. The molecule has 0 spiro atoms. The van der Waals surface area contributed by atoms with Crippen molar-refractivity contribution in [2.24, 2.45) is 0 Å². The third-order valence-corrected chi connectivity index (χ3v) is 2.88. The first-order valence-corrected chi connectivity index (χ1v) is 6.11. The van der Waals surface area contributed by atoms with E-state index in [-0.39, 0.29) is 24.2 Å². The van der Waals surface area contributed by atoms with Crippen LogP contribution in [0.25, 0.3) is 0 Å². The van der Waals surface area contributed by atoms with Gasteiger partial charge in [0.1, 0.15) is 0 Å². The topological polar surface area (TPSA) is 76.0 Å².